The first kappa shape index (κ1) is 15.0. The summed E-state index contributed by atoms with van der Waals surface area (Å²) in [6.45, 7) is 5.55. The van der Waals surface area contributed by atoms with Gasteiger partial charge in [-0.3, -0.25) is 4.79 Å². The van der Waals surface area contributed by atoms with Crippen LogP contribution in [0, 0.1) is 6.92 Å². The average molecular weight is 283 g/mol. The van der Waals surface area contributed by atoms with Gasteiger partial charge in [-0.05, 0) is 36.6 Å². The monoisotopic (exact) mass is 283 g/mol. The number of nitrogens with zero attached hydrogens (tertiary/aromatic N) is 1. The Morgan fingerprint density at radius 2 is 2.00 bits per heavy atom. The number of nitrogens with one attached hydrogen (secondary N) is 2. The summed E-state index contributed by atoms with van der Waals surface area (Å²) in [5, 5.41) is 6.10. The molecule has 0 aliphatic rings. The molecular weight excluding hydrogens is 262 g/mol. The summed E-state index contributed by atoms with van der Waals surface area (Å²) in [5.41, 5.74) is 2.88. The average Bonchev–Trinajstić information content (AvgIpc) is 2.52. The highest BCUT2D eigenvalue weighted by Crippen LogP contribution is 2.08. The smallest absolute Gasteiger partial charge is 0.253 e. The van der Waals surface area contributed by atoms with E-state index in [0.717, 1.165) is 24.3 Å². The van der Waals surface area contributed by atoms with Gasteiger partial charge in [0.05, 0.1) is 5.56 Å². The summed E-state index contributed by atoms with van der Waals surface area (Å²) in [6.07, 6.45) is 2.64. The van der Waals surface area contributed by atoms with Gasteiger partial charge in [-0.25, -0.2) is 4.98 Å². The molecule has 0 spiro atoms. The van der Waals surface area contributed by atoms with Crippen LogP contribution < -0.4 is 10.6 Å². The second-order valence-corrected chi connectivity index (χ2v) is 4.97. The van der Waals surface area contributed by atoms with Gasteiger partial charge >= 0.3 is 0 Å². The number of hydrogen-bond acceptors (Lipinski definition) is 3. The highest BCUT2D eigenvalue weighted by Gasteiger charge is 2.06. The molecule has 0 radical (unpaired) electrons. The topological polar surface area (TPSA) is 54.0 Å². The molecule has 1 aromatic carbocycles. The molecule has 2 rings (SSSR count). The van der Waals surface area contributed by atoms with E-state index < -0.39 is 0 Å². The van der Waals surface area contributed by atoms with Gasteiger partial charge in [0.25, 0.3) is 5.91 Å². The summed E-state index contributed by atoms with van der Waals surface area (Å²) in [6, 6.07) is 11.6. The van der Waals surface area contributed by atoms with Crippen molar-refractivity contribution in [2.75, 3.05) is 11.9 Å². The number of pyridine rings is 1. The number of aryl methyl sites for hydroxylation is 1. The SMILES string of the molecule is CCCNc1ccc(C(=O)NCc2ccccc2C)cn1. The Bertz CT molecular complexity index is 593. The van der Waals surface area contributed by atoms with Crippen molar-refractivity contribution < 1.29 is 4.79 Å². The maximum atomic E-state index is 12.1. The normalized spacial score (nSPS) is 10.2. The number of benzene rings is 1. The Morgan fingerprint density at radius 3 is 2.67 bits per heavy atom. The van der Waals surface area contributed by atoms with E-state index in [-0.39, 0.29) is 5.91 Å². The third-order valence-corrected chi connectivity index (χ3v) is 3.28. The summed E-state index contributed by atoms with van der Waals surface area (Å²) in [4.78, 5) is 16.3. The first-order chi connectivity index (χ1) is 10.2. The molecular formula is C17H21N3O. The van der Waals surface area contributed by atoms with Gasteiger partial charge in [-0.2, -0.15) is 0 Å². The van der Waals surface area contributed by atoms with Gasteiger partial charge in [0.2, 0.25) is 0 Å². The first-order valence-corrected chi connectivity index (χ1v) is 7.23. The van der Waals surface area contributed by atoms with E-state index in [1.807, 2.05) is 37.3 Å². The molecule has 21 heavy (non-hydrogen) atoms. The number of anilines is 1. The fourth-order valence-corrected chi connectivity index (χ4v) is 1.97. The van der Waals surface area contributed by atoms with E-state index in [1.54, 1.807) is 12.3 Å². The minimum Gasteiger partial charge on any atom is -0.370 e. The molecule has 1 amide bonds. The van der Waals surface area contributed by atoms with Gasteiger partial charge in [-0.1, -0.05) is 31.2 Å². The fourth-order valence-electron chi connectivity index (χ4n) is 1.97. The molecule has 0 aliphatic carbocycles. The Hall–Kier alpha value is -2.36. The van der Waals surface area contributed by atoms with Crippen LogP contribution in [0.25, 0.3) is 0 Å². The van der Waals surface area contributed by atoms with Gasteiger partial charge in [0.1, 0.15) is 5.82 Å². The predicted octanol–water partition coefficient (Wildman–Crippen LogP) is 3.14. The Morgan fingerprint density at radius 1 is 1.19 bits per heavy atom. The minimum atomic E-state index is -0.104. The van der Waals surface area contributed by atoms with Gasteiger partial charge < -0.3 is 10.6 Å². The number of rotatable bonds is 6. The summed E-state index contributed by atoms with van der Waals surface area (Å²) in [7, 11) is 0. The molecule has 0 bridgehead atoms. The molecule has 0 aliphatic heterocycles. The molecule has 4 nitrogen and oxygen atoms in total. The highest BCUT2D eigenvalue weighted by molar-refractivity contribution is 5.94. The van der Waals surface area contributed by atoms with Gasteiger partial charge in [0, 0.05) is 19.3 Å². The van der Waals surface area contributed by atoms with Crippen LogP contribution in [-0.2, 0) is 6.54 Å². The summed E-state index contributed by atoms with van der Waals surface area (Å²) >= 11 is 0. The summed E-state index contributed by atoms with van der Waals surface area (Å²) in [5.74, 6) is 0.695. The molecule has 1 heterocycles. The molecule has 0 fully saturated rings. The van der Waals surface area contributed by atoms with Crippen LogP contribution in [0.3, 0.4) is 0 Å². The molecule has 2 N–H and O–H groups in total. The second-order valence-electron chi connectivity index (χ2n) is 4.97. The van der Waals surface area contributed by atoms with E-state index in [9.17, 15) is 4.79 Å². The molecule has 1 aromatic heterocycles. The maximum Gasteiger partial charge on any atom is 0.253 e. The largest absolute Gasteiger partial charge is 0.370 e. The lowest BCUT2D eigenvalue weighted by Gasteiger charge is -2.08. The zero-order valence-corrected chi connectivity index (χ0v) is 12.5. The van der Waals surface area contributed by atoms with Crippen LogP contribution in [0.15, 0.2) is 42.6 Å². The molecule has 2 aromatic rings. The lowest BCUT2D eigenvalue weighted by Crippen LogP contribution is -2.23. The summed E-state index contributed by atoms with van der Waals surface area (Å²) < 4.78 is 0. The van der Waals surface area contributed by atoms with Crippen LogP contribution in [-0.4, -0.2) is 17.4 Å². The highest BCUT2D eigenvalue weighted by atomic mass is 16.1. The molecule has 0 atom stereocenters. The van der Waals surface area contributed by atoms with Crippen molar-refractivity contribution in [1.82, 2.24) is 10.3 Å². The standard InChI is InChI=1S/C17H21N3O/c1-3-10-18-16-9-8-15(12-19-16)17(21)20-11-14-7-5-4-6-13(14)2/h4-9,12H,3,10-11H2,1-2H3,(H,18,19)(H,20,21). The second kappa shape index (κ2) is 7.43. The van der Waals surface area contributed by atoms with Crippen molar-refractivity contribution in [2.45, 2.75) is 26.8 Å². The third-order valence-electron chi connectivity index (χ3n) is 3.28. The Labute approximate surface area is 125 Å². The van der Waals surface area contributed by atoms with E-state index in [2.05, 4.69) is 22.5 Å². The maximum absolute atomic E-state index is 12.1. The zero-order chi connectivity index (χ0) is 15.1. The number of carbonyl (C=O) groups excluding carboxylic acids is 1. The van der Waals surface area contributed by atoms with E-state index in [0.29, 0.717) is 12.1 Å². The van der Waals surface area contributed by atoms with Crippen LogP contribution >= 0.6 is 0 Å². The van der Waals surface area contributed by atoms with E-state index in [1.165, 1.54) is 5.56 Å². The minimum absolute atomic E-state index is 0.104. The van der Waals surface area contributed by atoms with Crippen LogP contribution in [0.4, 0.5) is 5.82 Å². The fraction of sp³-hybridized carbons (Fsp3) is 0.294. The molecule has 0 saturated heterocycles. The van der Waals surface area contributed by atoms with Crippen molar-refractivity contribution in [2.24, 2.45) is 0 Å². The van der Waals surface area contributed by atoms with Gasteiger partial charge in [0.15, 0.2) is 0 Å². The molecule has 0 unspecified atom stereocenters. The van der Waals surface area contributed by atoms with Crippen molar-refractivity contribution in [3.05, 3.63) is 59.3 Å². The van der Waals surface area contributed by atoms with Crippen molar-refractivity contribution >= 4 is 11.7 Å². The predicted molar refractivity (Wildman–Crippen MR) is 85.4 cm³/mol. The molecule has 0 saturated carbocycles. The van der Waals surface area contributed by atoms with Crippen molar-refractivity contribution in [1.29, 1.82) is 0 Å². The van der Waals surface area contributed by atoms with Crippen LogP contribution in [0.1, 0.15) is 34.8 Å². The lowest BCUT2D eigenvalue weighted by molar-refractivity contribution is 0.0950. The number of amides is 1. The Kier molecular flexibility index (Phi) is 5.32. The van der Waals surface area contributed by atoms with Crippen molar-refractivity contribution in [3.8, 4) is 0 Å². The number of hydrogen-bond donors (Lipinski definition) is 2. The molecule has 110 valence electrons. The first-order valence-electron chi connectivity index (χ1n) is 7.23. The Balaban J connectivity index is 1.93. The molecule has 4 heteroatoms. The number of aromatic nitrogens is 1. The lowest BCUT2D eigenvalue weighted by atomic mass is 10.1. The van der Waals surface area contributed by atoms with E-state index in [4.69, 9.17) is 0 Å². The van der Waals surface area contributed by atoms with Crippen molar-refractivity contribution in [3.63, 3.8) is 0 Å². The van der Waals surface area contributed by atoms with E-state index >= 15 is 0 Å². The van der Waals surface area contributed by atoms with Crippen LogP contribution in [0.5, 0.6) is 0 Å². The third kappa shape index (κ3) is 4.31. The zero-order valence-electron chi connectivity index (χ0n) is 12.5. The quantitative estimate of drug-likeness (QED) is 0.856. The van der Waals surface area contributed by atoms with Gasteiger partial charge in [-0.15, -0.1) is 0 Å². The van der Waals surface area contributed by atoms with Crippen LogP contribution in [0.2, 0.25) is 0 Å². The number of carbonyl (C=O) groups is 1.